The Hall–Kier alpha value is -2.60. The Kier molecular flexibility index (Phi) is 3.92. The van der Waals surface area contributed by atoms with E-state index < -0.39 is 9.84 Å². The minimum Gasteiger partial charge on any atom is -0.497 e. The van der Waals surface area contributed by atoms with Crippen LogP contribution in [-0.4, -0.2) is 31.8 Å². The Balaban J connectivity index is 2.19. The molecule has 0 amide bonds. The van der Waals surface area contributed by atoms with Gasteiger partial charge in [0.05, 0.1) is 18.5 Å². The van der Waals surface area contributed by atoms with Crippen molar-refractivity contribution in [2.75, 3.05) is 13.4 Å². The lowest BCUT2D eigenvalue weighted by Crippen LogP contribution is -1.99. The first-order valence-electron chi connectivity index (χ1n) is 6.99. The molecule has 0 aliphatic heterocycles. The molecular weight excluding hydrogens is 312 g/mol. The van der Waals surface area contributed by atoms with Gasteiger partial charge in [-0.3, -0.25) is 0 Å². The van der Waals surface area contributed by atoms with Gasteiger partial charge >= 0.3 is 0 Å². The molecule has 1 aromatic heterocycles. The van der Waals surface area contributed by atoms with Crippen molar-refractivity contribution in [1.82, 2.24) is 9.97 Å². The molecule has 2 aromatic carbocycles. The van der Waals surface area contributed by atoms with Crippen molar-refractivity contribution in [2.45, 2.75) is 5.16 Å². The van der Waals surface area contributed by atoms with Crippen LogP contribution < -0.4 is 4.74 Å². The number of H-pyrrole nitrogens is 1. The van der Waals surface area contributed by atoms with Crippen molar-refractivity contribution in [3.05, 3.63) is 54.6 Å². The molecule has 0 aliphatic rings. The number of aromatic amines is 1. The number of rotatable bonds is 4. The van der Waals surface area contributed by atoms with E-state index in [0.29, 0.717) is 11.4 Å². The topological polar surface area (TPSA) is 72.1 Å². The number of imidazole rings is 1. The molecule has 6 heteroatoms. The van der Waals surface area contributed by atoms with Crippen LogP contribution in [-0.2, 0) is 9.84 Å². The van der Waals surface area contributed by atoms with E-state index in [2.05, 4.69) is 9.97 Å². The standard InChI is InChI=1S/C17H16N2O3S/c1-22-14-10-8-13(9-11-14)16-15(12-6-4-3-5-7-12)18-17(19-16)23(2,20)21/h3-11H,1-2H3,(H,18,19). The average Bonchev–Trinajstić information content (AvgIpc) is 3.01. The summed E-state index contributed by atoms with van der Waals surface area (Å²) < 4.78 is 28.9. The molecule has 0 atom stereocenters. The van der Waals surface area contributed by atoms with Crippen molar-refractivity contribution in [3.8, 4) is 28.3 Å². The molecule has 0 saturated carbocycles. The second kappa shape index (κ2) is 5.89. The Bertz CT molecular complexity index is 914. The Labute approximate surface area is 134 Å². The molecule has 23 heavy (non-hydrogen) atoms. The molecule has 0 saturated heterocycles. The molecule has 3 aromatic rings. The molecule has 5 nitrogen and oxygen atoms in total. The van der Waals surface area contributed by atoms with Crippen LogP contribution in [0.2, 0.25) is 0 Å². The number of nitrogens with one attached hydrogen (secondary N) is 1. The zero-order valence-electron chi connectivity index (χ0n) is 12.8. The molecule has 0 fully saturated rings. The summed E-state index contributed by atoms with van der Waals surface area (Å²) in [6, 6.07) is 16.9. The second-order valence-corrected chi connectivity index (χ2v) is 7.06. The fourth-order valence-electron chi connectivity index (χ4n) is 2.30. The SMILES string of the molecule is COc1ccc(-c2[nH]c(S(C)(=O)=O)nc2-c2ccccc2)cc1. The van der Waals surface area contributed by atoms with Crippen molar-refractivity contribution in [1.29, 1.82) is 0 Å². The molecule has 1 N–H and O–H groups in total. The Morgan fingerprint density at radius 1 is 0.957 bits per heavy atom. The highest BCUT2D eigenvalue weighted by Crippen LogP contribution is 2.32. The van der Waals surface area contributed by atoms with Crippen LogP contribution in [0.5, 0.6) is 5.75 Å². The van der Waals surface area contributed by atoms with Gasteiger partial charge in [0, 0.05) is 17.4 Å². The number of aromatic nitrogens is 2. The van der Waals surface area contributed by atoms with E-state index >= 15 is 0 Å². The van der Waals surface area contributed by atoms with E-state index in [4.69, 9.17) is 4.74 Å². The molecule has 3 rings (SSSR count). The zero-order chi connectivity index (χ0) is 16.4. The van der Waals surface area contributed by atoms with E-state index in [1.54, 1.807) is 7.11 Å². The van der Waals surface area contributed by atoms with E-state index in [9.17, 15) is 8.42 Å². The number of hydrogen-bond donors (Lipinski definition) is 1. The summed E-state index contributed by atoms with van der Waals surface area (Å²) in [6.45, 7) is 0. The van der Waals surface area contributed by atoms with Crippen LogP contribution >= 0.6 is 0 Å². The highest BCUT2D eigenvalue weighted by atomic mass is 32.2. The molecule has 118 valence electrons. The molecule has 0 spiro atoms. The van der Waals surface area contributed by atoms with E-state index in [1.807, 2.05) is 54.6 Å². The third kappa shape index (κ3) is 3.12. The van der Waals surface area contributed by atoms with Gasteiger partial charge in [-0.15, -0.1) is 0 Å². The second-order valence-electron chi connectivity index (χ2n) is 5.13. The molecule has 0 aliphatic carbocycles. The lowest BCUT2D eigenvalue weighted by molar-refractivity contribution is 0.415. The molecule has 1 heterocycles. The lowest BCUT2D eigenvalue weighted by Gasteiger charge is -2.04. The summed E-state index contributed by atoms with van der Waals surface area (Å²) >= 11 is 0. The largest absolute Gasteiger partial charge is 0.497 e. The van der Waals surface area contributed by atoms with Crippen LogP contribution in [0.15, 0.2) is 59.8 Å². The van der Waals surface area contributed by atoms with Crippen LogP contribution in [0, 0.1) is 0 Å². The molecule has 0 bridgehead atoms. The normalized spacial score (nSPS) is 11.4. The summed E-state index contributed by atoms with van der Waals surface area (Å²) in [5.41, 5.74) is 2.96. The maximum atomic E-state index is 11.8. The maximum absolute atomic E-state index is 11.8. The van der Waals surface area contributed by atoms with E-state index in [0.717, 1.165) is 23.1 Å². The first-order valence-corrected chi connectivity index (χ1v) is 8.88. The van der Waals surface area contributed by atoms with Gasteiger partial charge < -0.3 is 9.72 Å². The minimum atomic E-state index is -3.42. The van der Waals surface area contributed by atoms with Crippen molar-refractivity contribution < 1.29 is 13.2 Å². The maximum Gasteiger partial charge on any atom is 0.225 e. The zero-order valence-corrected chi connectivity index (χ0v) is 13.6. The summed E-state index contributed by atoms with van der Waals surface area (Å²) in [5, 5.41) is -0.0397. The monoisotopic (exact) mass is 328 g/mol. The van der Waals surface area contributed by atoms with Crippen LogP contribution in [0.3, 0.4) is 0 Å². The first-order chi connectivity index (χ1) is 11.0. The van der Waals surface area contributed by atoms with Gasteiger partial charge in [-0.05, 0) is 24.3 Å². The average molecular weight is 328 g/mol. The molecular formula is C17H16N2O3S. The number of sulfone groups is 1. The first kappa shape index (κ1) is 15.3. The summed E-state index contributed by atoms with van der Waals surface area (Å²) in [6.07, 6.45) is 1.14. The molecule has 0 unspecified atom stereocenters. The van der Waals surface area contributed by atoms with Gasteiger partial charge in [-0.2, -0.15) is 0 Å². The number of ether oxygens (including phenoxy) is 1. The summed E-state index contributed by atoms with van der Waals surface area (Å²) in [5.74, 6) is 0.734. The number of benzene rings is 2. The number of nitrogens with zero attached hydrogens (tertiary/aromatic N) is 1. The van der Waals surface area contributed by atoms with Crippen molar-refractivity contribution in [3.63, 3.8) is 0 Å². The Morgan fingerprint density at radius 3 is 2.17 bits per heavy atom. The predicted octanol–water partition coefficient (Wildman–Crippen LogP) is 3.16. The third-order valence-electron chi connectivity index (χ3n) is 3.46. The number of hydrogen-bond acceptors (Lipinski definition) is 4. The van der Waals surface area contributed by atoms with Crippen molar-refractivity contribution in [2.24, 2.45) is 0 Å². The summed E-state index contributed by atoms with van der Waals surface area (Å²) in [4.78, 5) is 7.23. The highest BCUT2D eigenvalue weighted by Gasteiger charge is 2.19. The van der Waals surface area contributed by atoms with E-state index in [1.165, 1.54) is 0 Å². The van der Waals surface area contributed by atoms with Crippen LogP contribution in [0.25, 0.3) is 22.5 Å². The van der Waals surface area contributed by atoms with Gasteiger partial charge in [-0.25, -0.2) is 13.4 Å². The molecule has 0 radical (unpaired) electrons. The van der Waals surface area contributed by atoms with Crippen LogP contribution in [0.4, 0.5) is 0 Å². The van der Waals surface area contributed by atoms with Gasteiger partial charge in [-0.1, -0.05) is 30.3 Å². The van der Waals surface area contributed by atoms with Gasteiger partial charge in [0.25, 0.3) is 0 Å². The minimum absolute atomic E-state index is 0.0397. The number of methoxy groups -OCH3 is 1. The lowest BCUT2D eigenvalue weighted by atomic mass is 10.1. The fourth-order valence-corrected chi connectivity index (χ4v) is 2.84. The van der Waals surface area contributed by atoms with Gasteiger partial charge in [0.1, 0.15) is 5.75 Å². The van der Waals surface area contributed by atoms with E-state index in [-0.39, 0.29) is 5.16 Å². The summed E-state index contributed by atoms with van der Waals surface area (Å²) in [7, 11) is -1.83. The van der Waals surface area contributed by atoms with Crippen molar-refractivity contribution >= 4 is 9.84 Å². The Morgan fingerprint density at radius 2 is 1.61 bits per heavy atom. The third-order valence-corrected chi connectivity index (χ3v) is 4.36. The van der Waals surface area contributed by atoms with Gasteiger partial charge in [0.2, 0.25) is 15.0 Å². The quantitative estimate of drug-likeness (QED) is 0.798. The van der Waals surface area contributed by atoms with Gasteiger partial charge in [0.15, 0.2) is 0 Å². The smallest absolute Gasteiger partial charge is 0.225 e. The van der Waals surface area contributed by atoms with Crippen LogP contribution in [0.1, 0.15) is 0 Å². The fraction of sp³-hybridized carbons (Fsp3) is 0.118. The predicted molar refractivity (Wildman–Crippen MR) is 89.1 cm³/mol. The highest BCUT2D eigenvalue weighted by molar-refractivity contribution is 7.90.